The molecule has 2 aliphatic carbocycles. The van der Waals surface area contributed by atoms with E-state index in [9.17, 15) is 0 Å². The maximum atomic E-state index is 6.42. The molecule has 3 aliphatic rings. The fourth-order valence-electron chi connectivity index (χ4n) is 3.86. The van der Waals surface area contributed by atoms with Crippen molar-refractivity contribution < 1.29 is 9.47 Å². The van der Waals surface area contributed by atoms with E-state index >= 15 is 0 Å². The minimum Gasteiger partial charge on any atom is -0.375 e. The first-order valence-electron chi connectivity index (χ1n) is 7.78. The van der Waals surface area contributed by atoms with Gasteiger partial charge in [-0.3, -0.25) is 0 Å². The molecule has 0 radical (unpaired) electrons. The molecule has 1 saturated heterocycles. The normalized spacial score (nSPS) is 39.5. The molecule has 1 N–H and O–H groups in total. The third-order valence-corrected chi connectivity index (χ3v) is 5.15. The van der Waals surface area contributed by atoms with Gasteiger partial charge in [0.1, 0.15) is 0 Å². The van der Waals surface area contributed by atoms with E-state index in [1.807, 2.05) is 0 Å². The summed E-state index contributed by atoms with van der Waals surface area (Å²) in [6, 6.07) is 0.568. The van der Waals surface area contributed by atoms with Crippen LogP contribution in [0.1, 0.15) is 57.8 Å². The van der Waals surface area contributed by atoms with Gasteiger partial charge in [0.15, 0.2) is 0 Å². The Morgan fingerprint density at radius 1 is 1.11 bits per heavy atom. The molecule has 3 rings (SSSR count). The Kier molecular flexibility index (Phi) is 3.92. The number of rotatable bonds is 3. The fraction of sp³-hybridized carbons (Fsp3) is 1.00. The predicted molar refractivity (Wildman–Crippen MR) is 71.7 cm³/mol. The monoisotopic (exact) mass is 253 g/mol. The van der Waals surface area contributed by atoms with E-state index in [2.05, 4.69) is 12.4 Å². The topological polar surface area (TPSA) is 30.5 Å². The molecule has 3 nitrogen and oxygen atoms in total. The minimum absolute atomic E-state index is 0.215. The first-order valence-corrected chi connectivity index (χ1v) is 7.78. The second-order valence-corrected chi connectivity index (χ2v) is 6.35. The molecule has 0 aromatic carbocycles. The van der Waals surface area contributed by atoms with Gasteiger partial charge < -0.3 is 14.8 Å². The van der Waals surface area contributed by atoms with Crippen molar-refractivity contribution in [2.24, 2.45) is 0 Å². The second-order valence-electron chi connectivity index (χ2n) is 6.35. The van der Waals surface area contributed by atoms with E-state index in [-0.39, 0.29) is 5.60 Å². The highest BCUT2D eigenvalue weighted by atomic mass is 16.5. The largest absolute Gasteiger partial charge is 0.375 e. The van der Waals surface area contributed by atoms with Crippen LogP contribution < -0.4 is 5.32 Å². The summed E-state index contributed by atoms with van der Waals surface area (Å²) in [6.07, 6.45) is 12.2. The fourth-order valence-corrected chi connectivity index (χ4v) is 3.86. The Morgan fingerprint density at radius 2 is 1.94 bits per heavy atom. The number of hydrogen-bond donors (Lipinski definition) is 1. The lowest BCUT2D eigenvalue weighted by molar-refractivity contribution is -0.183. The van der Waals surface area contributed by atoms with Crippen molar-refractivity contribution in [2.45, 2.75) is 81.6 Å². The van der Waals surface area contributed by atoms with Crippen LogP contribution in [0.5, 0.6) is 0 Å². The number of likely N-dealkylation sites (N-methyl/N-ethyl adjacent to an activating group) is 1. The van der Waals surface area contributed by atoms with Gasteiger partial charge in [0, 0.05) is 19.1 Å². The third kappa shape index (κ3) is 2.59. The molecular weight excluding hydrogens is 226 g/mol. The first kappa shape index (κ1) is 12.9. The number of hydrogen-bond acceptors (Lipinski definition) is 3. The van der Waals surface area contributed by atoms with Gasteiger partial charge in [0.25, 0.3) is 0 Å². The highest BCUT2D eigenvalue weighted by Crippen LogP contribution is 2.43. The molecule has 3 heteroatoms. The SMILES string of the molecule is CNC1CCCCC1OC1CCOC2(CCC2)C1. The van der Waals surface area contributed by atoms with E-state index in [1.165, 1.54) is 44.9 Å². The van der Waals surface area contributed by atoms with E-state index in [0.29, 0.717) is 18.2 Å². The van der Waals surface area contributed by atoms with E-state index in [4.69, 9.17) is 9.47 Å². The molecule has 3 unspecified atom stereocenters. The highest BCUT2D eigenvalue weighted by molar-refractivity contribution is 4.95. The summed E-state index contributed by atoms with van der Waals surface area (Å²) >= 11 is 0. The van der Waals surface area contributed by atoms with Crippen LogP contribution in [0.3, 0.4) is 0 Å². The van der Waals surface area contributed by atoms with Gasteiger partial charge in [0.2, 0.25) is 0 Å². The van der Waals surface area contributed by atoms with Crippen LogP contribution in [0.15, 0.2) is 0 Å². The molecule has 1 heterocycles. The van der Waals surface area contributed by atoms with Gasteiger partial charge in [-0.2, -0.15) is 0 Å². The van der Waals surface area contributed by atoms with Crippen LogP contribution in [0.4, 0.5) is 0 Å². The zero-order chi connectivity index (χ0) is 12.4. The summed E-state index contributed by atoms with van der Waals surface area (Å²) in [5.41, 5.74) is 0.215. The summed E-state index contributed by atoms with van der Waals surface area (Å²) in [6.45, 7) is 0.904. The smallest absolute Gasteiger partial charge is 0.0731 e. The van der Waals surface area contributed by atoms with E-state index < -0.39 is 0 Å². The van der Waals surface area contributed by atoms with Crippen molar-refractivity contribution >= 4 is 0 Å². The minimum atomic E-state index is 0.215. The predicted octanol–water partition coefficient (Wildman–Crippen LogP) is 2.64. The van der Waals surface area contributed by atoms with E-state index in [0.717, 1.165) is 19.4 Å². The first-order chi connectivity index (χ1) is 8.81. The summed E-state index contributed by atoms with van der Waals surface area (Å²) in [4.78, 5) is 0. The summed E-state index contributed by atoms with van der Waals surface area (Å²) in [7, 11) is 2.07. The Balaban J connectivity index is 1.54. The zero-order valence-electron chi connectivity index (χ0n) is 11.6. The van der Waals surface area contributed by atoms with Gasteiger partial charge in [-0.1, -0.05) is 12.8 Å². The molecule has 0 aromatic rings. The maximum Gasteiger partial charge on any atom is 0.0731 e. The molecule has 3 fully saturated rings. The molecule has 0 bridgehead atoms. The lowest BCUT2D eigenvalue weighted by atomic mass is 9.74. The van der Waals surface area contributed by atoms with Crippen LogP contribution in [-0.4, -0.2) is 37.5 Å². The average Bonchev–Trinajstić information content (AvgIpc) is 2.38. The maximum absolute atomic E-state index is 6.42. The van der Waals surface area contributed by atoms with Gasteiger partial charge in [-0.15, -0.1) is 0 Å². The average molecular weight is 253 g/mol. The van der Waals surface area contributed by atoms with Gasteiger partial charge in [-0.25, -0.2) is 0 Å². The summed E-state index contributed by atoms with van der Waals surface area (Å²) in [5.74, 6) is 0. The van der Waals surface area contributed by atoms with Crippen molar-refractivity contribution in [1.82, 2.24) is 5.32 Å². The quantitative estimate of drug-likeness (QED) is 0.838. The van der Waals surface area contributed by atoms with Crippen molar-refractivity contribution in [3.05, 3.63) is 0 Å². The molecule has 3 atom stereocenters. The lowest BCUT2D eigenvalue weighted by Gasteiger charge is -2.48. The van der Waals surface area contributed by atoms with Crippen molar-refractivity contribution in [1.29, 1.82) is 0 Å². The molecule has 0 amide bonds. The number of nitrogens with one attached hydrogen (secondary N) is 1. The molecule has 2 saturated carbocycles. The Hall–Kier alpha value is -0.120. The van der Waals surface area contributed by atoms with Crippen LogP contribution in [0.25, 0.3) is 0 Å². The Bertz CT molecular complexity index is 278. The molecule has 0 aromatic heterocycles. The molecular formula is C15H27NO2. The van der Waals surface area contributed by atoms with E-state index in [1.54, 1.807) is 0 Å². The number of ether oxygens (including phenoxy) is 2. The third-order valence-electron chi connectivity index (χ3n) is 5.15. The van der Waals surface area contributed by atoms with Crippen LogP contribution in [-0.2, 0) is 9.47 Å². The Morgan fingerprint density at radius 3 is 2.67 bits per heavy atom. The van der Waals surface area contributed by atoms with Gasteiger partial charge >= 0.3 is 0 Å². The summed E-state index contributed by atoms with van der Waals surface area (Å²) in [5, 5.41) is 3.44. The lowest BCUT2D eigenvalue weighted by Crippen LogP contribution is -2.50. The second kappa shape index (κ2) is 5.48. The molecule has 1 spiro atoms. The zero-order valence-corrected chi connectivity index (χ0v) is 11.6. The van der Waals surface area contributed by atoms with Gasteiger partial charge in [0.05, 0.1) is 17.8 Å². The van der Waals surface area contributed by atoms with Crippen molar-refractivity contribution in [3.8, 4) is 0 Å². The molecule has 1 aliphatic heterocycles. The molecule has 104 valence electrons. The van der Waals surface area contributed by atoms with Crippen LogP contribution >= 0.6 is 0 Å². The highest BCUT2D eigenvalue weighted by Gasteiger charge is 2.43. The van der Waals surface area contributed by atoms with Crippen LogP contribution in [0.2, 0.25) is 0 Å². The summed E-state index contributed by atoms with van der Waals surface area (Å²) < 4.78 is 12.4. The van der Waals surface area contributed by atoms with Crippen molar-refractivity contribution in [2.75, 3.05) is 13.7 Å². The standard InChI is InChI=1S/C15H27NO2/c1-16-13-5-2-3-6-14(13)18-12-7-10-17-15(11-12)8-4-9-15/h12-14,16H,2-11H2,1H3. The van der Waals surface area contributed by atoms with Gasteiger partial charge in [-0.05, 0) is 45.6 Å². The van der Waals surface area contributed by atoms with Crippen molar-refractivity contribution in [3.63, 3.8) is 0 Å². The van der Waals surface area contributed by atoms with Crippen LogP contribution in [0, 0.1) is 0 Å². The Labute approximate surface area is 111 Å². The molecule has 18 heavy (non-hydrogen) atoms.